The lowest BCUT2D eigenvalue weighted by atomic mass is 9.80. The molecule has 1 fully saturated rings. The van der Waals surface area contributed by atoms with Gasteiger partial charge in [-0.05, 0) is 6.42 Å². The Labute approximate surface area is 86.9 Å². The molecule has 80 valence electrons. The van der Waals surface area contributed by atoms with Crippen molar-refractivity contribution in [2.45, 2.75) is 20.3 Å². The number of carbonyl (C=O) groups is 3. The molecule has 2 aliphatic rings. The minimum Gasteiger partial charge on any atom is -0.313 e. The third-order valence-corrected chi connectivity index (χ3v) is 3.04. The summed E-state index contributed by atoms with van der Waals surface area (Å²) in [6, 6.07) is 0. The van der Waals surface area contributed by atoms with Gasteiger partial charge >= 0.3 is 0 Å². The highest BCUT2D eigenvalue weighted by Gasteiger charge is 2.48. The van der Waals surface area contributed by atoms with Gasteiger partial charge in [-0.3, -0.25) is 14.4 Å². The molecule has 2 aliphatic heterocycles. The molecule has 1 N–H and O–H groups in total. The number of amides is 2. The van der Waals surface area contributed by atoms with E-state index in [1.54, 1.807) is 13.8 Å². The van der Waals surface area contributed by atoms with E-state index >= 15 is 0 Å². The van der Waals surface area contributed by atoms with Crippen LogP contribution in [0.15, 0.2) is 4.99 Å². The lowest BCUT2D eigenvalue weighted by Gasteiger charge is -2.26. The number of fused-ring (bicyclic) bond motifs is 1. The molecule has 0 radical (unpaired) electrons. The molecule has 2 rings (SSSR count). The molecule has 5 heteroatoms. The van der Waals surface area contributed by atoms with Crippen LogP contribution in [0.5, 0.6) is 0 Å². The molecule has 0 unspecified atom stereocenters. The maximum Gasteiger partial charge on any atom is 0.251 e. The van der Waals surface area contributed by atoms with E-state index in [-0.39, 0.29) is 23.4 Å². The molecule has 2 heterocycles. The van der Waals surface area contributed by atoms with Crippen LogP contribution in [-0.2, 0) is 14.4 Å². The first-order valence-electron chi connectivity index (χ1n) is 5.03. The minimum atomic E-state index is -0.623. The summed E-state index contributed by atoms with van der Waals surface area (Å²) in [6.45, 7) is 3.46. The first kappa shape index (κ1) is 10.0. The number of carbonyl (C=O) groups excluding carboxylic acids is 3. The molecule has 0 aliphatic carbocycles. The van der Waals surface area contributed by atoms with E-state index in [4.69, 9.17) is 0 Å². The van der Waals surface area contributed by atoms with Gasteiger partial charge in [-0.1, -0.05) is 13.8 Å². The van der Waals surface area contributed by atoms with Crippen LogP contribution in [0.3, 0.4) is 0 Å². The average molecular weight is 208 g/mol. The fourth-order valence-electron chi connectivity index (χ4n) is 2.10. The third kappa shape index (κ3) is 1.30. The summed E-state index contributed by atoms with van der Waals surface area (Å²) in [5.74, 6) is -2.16. The summed E-state index contributed by atoms with van der Waals surface area (Å²) in [7, 11) is 0. The van der Waals surface area contributed by atoms with Gasteiger partial charge in [0, 0.05) is 0 Å². The smallest absolute Gasteiger partial charge is 0.251 e. The molecular formula is C10H12N2O3. The monoisotopic (exact) mass is 208 g/mol. The Morgan fingerprint density at radius 2 is 2.00 bits per heavy atom. The lowest BCUT2D eigenvalue weighted by Crippen LogP contribution is -2.52. The summed E-state index contributed by atoms with van der Waals surface area (Å²) in [5, 5.41) is 2.54. The molecule has 1 saturated heterocycles. The maximum atomic E-state index is 11.9. The zero-order valence-corrected chi connectivity index (χ0v) is 8.61. The molecule has 0 bridgehead atoms. The third-order valence-electron chi connectivity index (χ3n) is 3.04. The molecule has 0 saturated carbocycles. The van der Waals surface area contributed by atoms with Crippen molar-refractivity contribution in [3.63, 3.8) is 0 Å². The van der Waals surface area contributed by atoms with Gasteiger partial charge in [0.25, 0.3) is 5.91 Å². The van der Waals surface area contributed by atoms with E-state index in [2.05, 4.69) is 10.3 Å². The highest BCUT2D eigenvalue weighted by Crippen LogP contribution is 2.29. The molecule has 0 aromatic heterocycles. The van der Waals surface area contributed by atoms with Crippen molar-refractivity contribution in [3.05, 3.63) is 0 Å². The van der Waals surface area contributed by atoms with Crippen LogP contribution in [0.25, 0.3) is 0 Å². The lowest BCUT2D eigenvalue weighted by molar-refractivity contribution is -0.138. The number of ketones is 1. The number of nitrogens with one attached hydrogen (secondary N) is 1. The van der Waals surface area contributed by atoms with Crippen LogP contribution < -0.4 is 5.32 Å². The van der Waals surface area contributed by atoms with Crippen molar-refractivity contribution in [2.24, 2.45) is 22.7 Å². The fourth-order valence-corrected chi connectivity index (χ4v) is 2.10. The summed E-state index contributed by atoms with van der Waals surface area (Å²) < 4.78 is 0. The first-order chi connectivity index (χ1) is 7.06. The Hall–Kier alpha value is -1.52. The molecule has 2 amide bonds. The Balaban J connectivity index is 2.36. The number of piperidine rings is 1. The van der Waals surface area contributed by atoms with E-state index in [1.165, 1.54) is 0 Å². The Kier molecular flexibility index (Phi) is 2.17. The van der Waals surface area contributed by atoms with Crippen LogP contribution >= 0.6 is 0 Å². The van der Waals surface area contributed by atoms with E-state index < -0.39 is 17.8 Å². The predicted molar refractivity (Wildman–Crippen MR) is 52.0 cm³/mol. The Bertz CT molecular complexity index is 386. The first-order valence-corrected chi connectivity index (χ1v) is 5.03. The standard InChI is InChI=1S/C10H12N2O3/c1-3-5-7(13)6-4(2)9(14)11-8(6)12-10(5)15/h4-6H,3H2,1-2H3,(H,11,12,14,15)/t4-,5-,6+/m1/s1. The second-order valence-electron chi connectivity index (χ2n) is 3.95. The van der Waals surface area contributed by atoms with Gasteiger partial charge in [0.05, 0.1) is 17.8 Å². The van der Waals surface area contributed by atoms with Gasteiger partial charge < -0.3 is 5.32 Å². The molecule has 0 aromatic rings. The average Bonchev–Trinajstić information content (AvgIpc) is 2.43. The number of amidine groups is 1. The second kappa shape index (κ2) is 3.25. The highest BCUT2D eigenvalue weighted by molar-refractivity contribution is 6.26. The van der Waals surface area contributed by atoms with E-state index in [0.717, 1.165) is 0 Å². The number of hydrogen-bond acceptors (Lipinski definition) is 3. The number of rotatable bonds is 1. The molecule has 0 spiro atoms. The Morgan fingerprint density at radius 1 is 1.33 bits per heavy atom. The molecule has 0 aromatic carbocycles. The van der Waals surface area contributed by atoms with Crippen molar-refractivity contribution < 1.29 is 14.4 Å². The van der Waals surface area contributed by atoms with E-state index in [0.29, 0.717) is 6.42 Å². The normalized spacial score (nSPS) is 34.9. The maximum absolute atomic E-state index is 11.9. The zero-order chi connectivity index (χ0) is 11.2. The van der Waals surface area contributed by atoms with Gasteiger partial charge in [0.2, 0.25) is 5.91 Å². The van der Waals surface area contributed by atoms with Crippen LogP contribution in [0.1, 0.15) is 20.3 Å². The molecule has 15 heavy (non-hydrogen) atoms. The van der Waals surface area contributed by atoms with Crippen LogP contribution in [0, 0.1) is 17.8 Å². The van der Waals surface area contributed by atoms with Crippen LogP contribution in [0.2, 0.25) is 0 Å². The molecule has 5 nitrogen and oxygen atoms in total. The number of aliphatic imine (C=N–C) groups is 1. The summed E-state index contributed by atoms with van der Waals surface area (Å²) >= 11 is 0. The zero-order valence-electron chi connectivity index (χ0n) is 8.61. The quantitative estimate of drug-likeness (QED) is 0.611. The van der Waals surface area contributed by atoms with E-state index in [1.807, 2.05) is 0 Å². The minimum absolute atomic E-state index is 0.168. The summed E-state index contributed by atoms with van der Waals surface area (Å²) in [6.07, 6.45) is 0.468. The second-order valence-corrected chi connectivity index (χ2v) is 3.95. The van der Waals surface area contributed by atoms with Gasteiger partial charge in [0.1, 0.15) is 5.84 Å². The van der Waals surface area contributed by atoms with Crippen molar-refractivity contribution in [1.82, 2.24) is 5.32 Å². The summed E-state index contributed by atoms with van der Waals surface area (Å²) in [5.41, 5.74) is 0. The van der Waals surface area contributed by atoms with Crippen molar-refractivity contribution in [2.75, 3.05) is 0 Å². The number of hydrogen-bond donors (Lipinski definition) is 1. The van der Waals surface area contributed by atoms with Crippen LogP contribution in [-0.4, -0.2) is 23.4 Å². The Morgan fingerprint density at radius 3 is 2.60 bits per heavy atom. The van der Waals surface area contributed by atoms with Crippen LogP contribution in [0.4, 0.5) is 0 Å². The van der Waals surface area contributed by atoms with Gasteiger partial charge in [-0.15, -0.1) is 0 Å². The van der Waals surface area contributed by atoms with Crippen molar-refractivity contribution in [3.8, 4) is 0 Å². The number of Topliss-reactive ketones (excluding diaryl/α,β-unsaturated/α-hetero) is 1. The highest BCUT2D eigenvalue weighted by atomic mass is 16.2. The molecular weight excluding hydrogens is 196 g/mol. The summed E-state index contributed by atoms with van der Waals surface area (Å²) in [4.78, 5) is 38.4. The van der Waals surface area contributed by atoms with Crippen molar-refractivity contribution in [1.29, 1.82) is 0 Å². The van der Waals surface area contributed by atoms with Gasteiger partial charge in [-0.25, -0.2) is 0 Å². The number of nitrogens with zero attached hydrogens (tertiary/aromatic N) is 1. The fraction of sp³-hybridized carbons (Fsp3) is 0.600. The van der Waals surface area contributed by atoms with Gasteiger partial charge in [-0.2, -0.15) is 4.99 Å². The van der Waals surface area contributed by atoms with Gasteiger partial charge in [0.15, 0.2) is 5.78 Å². The SMILES string of the molecule is CC[C@H]1C(=O)NC2=NC(=O)[C@H](C)[C@H]2C1=O. The largest absolute Gasteiger partial charge is 0.313 e. The van der Waals surface area contributed by atoms with Crippen molar-refractivity contribution >= 4 is 23.4 Å². The topological polar surface area (TPSA) is 75.6 Å². The molecule has 3 atom stereocenters. The van der Waals surface area contributed by atoms with E-state index in [9.17, 15) is 14.4 Å². The predicted octanol–water partition coefficient (Wildman–Crippen LogP) is -0.0975.